The van der Waals surface area contributed by atoms with Gasteiger partial charge >= 0.3 is 0 Å². The van der Waals surface area contributed by atoms with E-state index in [1.54, 1.807) is 4.57 Å². The lowest BCUT2D eigenvalue weighted by Gasteiger charge is -2.42. The van der Waals surface area contributed by atoms with E-state index in [2.05, 4.69) is 5.32 Å². The van der Waals surface area contributed by atoms with Crippen molar-refractivity contribution in [2.24, 2.45) is 0 Å². The maximum atomic E-state index is 11.8. The lowest BCUT2D eigenvalue weighted by atomic mass is 9.96. The molecule has 1 aromatic heterocycles. The second-order valence-electron chi connectivity index (χ2n) is 7.54. The van der Waals surface area contributed by atoms with Crippen LogP contribution in [0.4, 0.5) is 0 Å². The van der Waals surface area contributed by atoms with Gasteiger partial charge in [-0.2, -0.15) is 0 Å². The van der Waals surface area contributed by atoms with Crippen LogP contribution in [0.3, 0.4) is 0 Å². The molecule has 4 N–H and O–H groups in total. The Bertz CT molecular complexity index is 1130. The van der Waals surface area contributed by atoms with Crippen LogP contribution in [0, 0.1) is 4.77 Å². The molecule has 2 heterocycles. The summed E-state index contributed by atoms with van der Waals surface area (Å²) in [5.41, 5.74) is 1.57. The van der Waals surface area contributed by atoms with E-state index in [0.29, 0.717) is 5.82 Å². The highest BCUT2D eigenvalue weighted by molar-refractivity contribution is 7.71. The Morgan fingerprint density at radius 2 is 1.72 bits per heavy atom. The van der Waals surface area contributed by atoms with Gasteiger partial charge in [0, 0.05) is 18.2 Å². The molecular formula is C22H24N4O5S. The summed E-state index contributed by atoms with van der Waals surface area (Å²) in [5, 5.41) is 38.0. The van der Waals surface area contributed by atoms with Crippen molar-refractivity contribution in [3.8, 4) is 17.1 Å². The first-order valence-corrected chi connectivity index (χ1v) is 10.5. The number of carbonyl (C=O) groups excluding carboxylic acids is 1. The first-order chi connectivity index (χ1) is 15.4. The lowest BCUT2D eigenvalue weighted by Crippen LogP contribution is -2.62. The number of rotatable bonds is 5. The molecule has 4 rings (SSSR count). The highest BCUT2D eigenvalue weighted by Gasteiger charge is 2.46. The van der Waals surface area contributed by atoms with E-state index in [1.165, 1.54) is 11.6 Å². The third-order valence-electron chi connectivity index (χ3n) is 5.36. The number of hydrogen-bond acceptors (Lipinski definition) is 7. The van der Waals surface area contributed by atoms with Crippen LogP contribution in [0.5, 0.6) is 0 Å². The average Bonchev–Trinajstić information content (AvgIpc) is 3.15. The molecule has 1 aliphatic heterocycles. The first-order valence-electron chi connectivity index (χ1n) is 10.1. The van der Waals surface area contributed by atoms with Gasteiger partial charge in [-0.3, -0.25) is 9.36 Å². The molecule has 1 saturated heterocycles. The summed E-state index contributed by atoms with van der Waals surface area (Å²) >= 11 is 5.75. The van der Waals surface area contributed by atoms with Gasteiger partial charge in [0.1, 0.15) is 24.4 Å². The van der Waals surface area contributed by atoms with Crippen molar-refractivity contribution in [2.45, 2.75) is 37.5 Å². The Balaban J connectivity index is 1.89. The summed E-state index contributed by atoms with van der Waals surface area (Å²) in [5.74, 6) is 0.114. The molecular weight excluding hydrogens is 432 g/mol. The molecule has 1 fully saturated rings. The van der Waals surface area contributed by atoms with E-state index in [1.807, 2.05) is 60.7 Å². The number of ether oxygens (including phenoxy) is 1. The molecule has 0 unspecified atom stereocenters. The average molecular weight is 457 g/mol. The predicted octanol–water partition coefficient (Wildman–Crippen LogP) is 1.19. The molecule has 10 heteroatoms. The molecule has 0 saturated carbocycles. The van der Waals surface area contributed by atoms with Gasteiger partial charge in [0.2, 0.25) is 10.7 Å². The standard InChI is InChI=1S/C22H24N4O5S/c1-13(28)23-17-19(30)18(29)16(12-27)31-21(17)26-22(32)25(15-10-6-3-7-11-15)20(24-26)14-8-4-2-5-9-14/h2-11,16-19,21,27,29-30H,12H2,1H3,(H,23,28)/t16-,17-,18-,19-,21-/m1/s1. The molecule has 0 bridgehead atoms. The molecule has 3 aromatic rings. The number of hydrogen-bond donors (Lipinski definition) is 4. The zero-order chi connectivity index (χ0) is 22.8. The summed E-state index contributed by atoms with van der Waals surface area (Å²) in [4.78, 5) is 11.8. The van der Waals surface area contributed by atoms with Crippen molar-refractivity contribution in [1.29, 1.82) is 0 Å². The smallest absolute Gasteiger partial charge is 0.217 e. The minimum Gasteiger partial charge on any atom is -0.394 e. The minimum absolute atomic E-state index is 0.260. The third-order valence-corrected chi connectivity index (χ3v) is 5.73. The quantitative estimate of drug-likeness (QED) is 0.426. The summed E-state index contributed by atoms with van der Waals surface area (Å²) in [7, 11) is 0. The van der Waals surface area contributed by atoms with Crippen molar-refractivity contribution in [1.82, 2.24) is 19.7 Å². The van der Waals surface area contributed by atoms with Crippen LogP contribution in [0.1, 0.15) is 13.2 Å². The van der Waals surface area contributed by atoms with Gasteiger partial charge in [-0.1, -0.05) is 48.5 Å². The molecule has 9 nitrogen and oxygen atoms in total. The molecule has 168 valence electrons. The number of amides is 1. The Kier molecular flexibility index (Phi) is 6.49. The number of nitrogens with zero attached hydrogens (tertiary/aromatic N) is 3. The van der Waals surface area contributed by atoms with Crippen LogP contribution >= 0.6 is 12.2 Å². The molecule has 5 atom stereocenters. The maximum absolute atomic E-state index is 11.8. The number of para-hydroxylation sites is 1. The largest absolute Gasteiger partial charge is 0.394 e. The summed E-state index contributed by atoms with van der Waals surface area (Å²) in [6.07, 6.45) is -4.94. The zero-order valence-corrected chi connectivity index (χ0v) is 18.1. The van der Waals surface area contributed by atoms with Crippen LogP contribution in [-0.2, 0) is 9.53 Å². The second kappa shape index (κ2) is 9.31. The summed E-state index contributed by atoms with van der Waals surface area (Å²) in [6.45, 7) is 0.769. The van der Waals surface area contributed by atoms with E-state index < -0.39 is 43.1 Å². The topological polar surface area (TPSA) is 122 Å². The van der Waals surface area contributed by atoms with E-state index in [-0.39, 0.29) is 4.77 Å². The number of nitrogens with one attached hydrogen (secondary N) is 1. The van der Waals surface area contributed by atoms with E-state index in [0.717, 1.165) is 11.3 Å². The van der Waals surface area contributed by atoms with Crippen molar-refractivity contribution >= 4 is 18.1 Å². The van der Waals surface area contributed by atoms with Gasteiger partial charge in [0.25, 0.3) is 0 Å². The van der Waals surface area contributed by atoms with E-state index >= 15 is 0 Å². The molecule has 0 radical (unpaired) electrons. The molecule has 2 aromatic carbocycles. The fraction of sp³-hybridized carbons (Fsp3) is 0.318. The van der Waals surface area contributed by atoms with Crippen molar-refractivity contribution < 1.29 is 24.9 Å². The Hall–Kier alpha value is -2.89. The van der Waals surface area contributed by atoms with Gasteiger partial charge in [-0.15, -0.1) is 5.10 Å². The molecule has 32 heavy (non-hydrogen) atoms. The van der Waals surface area contributed by atoms with Crippen molar-refractivity contribution in [2.75, 3.05) is 6.61 Å². The summed E-state index contributed by atoms with van der Waals surface area (Å²) in [6, 6.07) is 17.8. The number of benzene rings is 2. The van der Waals surface area contributed by atoms with Crippen LogP contribution in [0.2, 0.25) is 0 Å². The molecule has 0 spiro atoms. The van der Waals surface area contributed by atoms with Gasteiger partial charge in [0.05, 0.1) is 6.61 Å². The van der Waals surface area contributed by atoms with Crippen LogP contribution in [0.15, 0.2) is 60.7 Å². The highest BCUT2D eigenvalue weighted by Crippen LogP contribution is 2.31. The molecule has 1 amide bonds. The normalized spacial score (nSPS) is 25.4. The Labute approximate surface area is 189 Å². The summed E-state index contributed by atoms with van der Waals surface area (Å²) < 4.78 is 9.30. The van der Waals surface area contributed by atoms with E-state index in [9.17, 15) is 20.1 Å². The monoisotopic (exact) mass is 456 g/mol. The van der Waals surface area contributed by atoms with E-state index in [4.69, 9.17) is 22.1 Å². The van der Waals surface area contributed by atoms with Crippen LogP contribution < -0.4 is 5.32 Å². The Morgan fingerprint density at radius 1 is 1.09 bits per heavy atom. The van der Waals surface area contributed by atoms with Crippen LogP contribution in [0.25, 0.3) is 17.1 Å². The third kappa shape index (κ3) is 4.10. The van der Waals surface area contributed by atoms with Gasteiger partial charge in [-0.05, 0) is 24.4 Å². The lowest BCUT2D eigenvalue weighted by molar-refractivity contribution is -0.219. The molecule has 1 aliphatic rings. The highest BCUT2D eigenvalue weighted by atomic mass is 32.1. The number of aliphatic hydroxyl groups excluding tert-OH is 3. The predicted molar refractivity (Wildman–Crippen MR) is 118 cm³/mol. The molecule has 0 aliphatic carbocycles. The number of aliphatic hydroxyl groups is 3. The number of carbonyl (C=O) groups is 1. The van der Waals surface area contributed by atoms with Crippen molar-refractivity contribution in [3.63, 3.8) is 0 Å². The fourth-order valence-corrected chi connectivity index (χ4v) is 4.17. The SMILES string of the molecule is CC(=O)N[C@@H]1[C@@H](O)[C@H](O)[C@@H](CO)O[C@H]1n1nc(-c2ccccc2)n(-c2ccccc2)c1=S. The first kappa shape index (κ1) is 22.3. The fourth-order valence-electron chi connectivity index (χ4n) is 3.83. The van der Waals surface area contributed by atoms with Gasteiger partial charge < -0.3 is 25.4 Å². The Morgan fingerprint density at radius 3 is 2.31 bits per heavy atom. The maximum Gasteiger partial charge on any atom is 0.217 e. The van der Waals surface area contributed by atoms with Crippen LogP contribution in [-0.4, -0.2) is 66.5 Å². The van der Waals surface area contributed by atoms with Gasteiger partial charge in [-0.25, -0.2) is 4.68 Å². The van der Waals surface area contributed by atoms with Gasteiger partial charge in [0.15, 0.2) is 12.1 Å². The zero-order valence-electron chi connectivity index (χ0n) is 17.3. The minimum atomic E-state index is -1.40. The number of aromatic nitrogens is 3. The van der Waals surface area contributed by atoms with Crippen molar-refractivity contribution in [3.05, 3.63) is 65.4 Å². The second-order valence-corrected chi connectivity index (χ2v) is 7.91.